The first kappa shape index (κ1) is 37.2. The molecule has 0 fully saturated rings. The third-order valence-corrected chi connectivity index (χ3v) is 13.1. The summed E-state index contributed by atoms with van der Waals surface area (Å²) in [7, 11) is 0. The summed E-state index contributed by atoms with van der Waals surface area (Å²) >= 11 is 0. The Balaban J connectivity index is 1.02. The summed E-state index contributed by atoms with van der Waals surface area (Å²) in [6, 6.07) is 48.1. The molecule has 11 rings (SSSR count). The summed E-state index contributed by atoms with van der Waals surface area (Å²) in [5.74, 6) is 1.04. The molecule has 0 bridgehead atoms. The average molecular weight is 801 g/mol. The normalized spacial score (nSPS) is 13.2. The zero-order valence-corrected chi connectivity index (χ0v) is 34.8. The molecule has 0 unspecified atom stereocenters. The lowest BCUT2D eigenvalue weighted by Gasteiger charge is -2.33. The zero-order chi connectivity index (χ0) is 40.9. The molecule has 8 nitrogen and oxygen atoms in total. The first-order chi connectivity index (χ1) is 30.2. The number of fused-ring (bicyclic) bond motifs is 9. The van der Waals surface area contributed by atoms with E-state index in [-0.39, 0.29) is 5.41 Å². The second kappa shape index (κ2) is 15.3. The maximum atomic E-state index is 6.64. The van der Waals surface area contributed by atoms with Crippen LogP contribution in [0.25, 0.3) is 89.7 Å². The van der Waals surface area contributed by atoms with Crippen LogP contribution in [0.3, 0.4) is 0 Å². The zero-order valence-electron chi connectivity index (χ0n) is 34.8. The van der Waals surface area contributed by atoms with Gasteiger partial charge < -0.3 is 8.83 Å². The Kier molecular flexibility index (Phi) is 9.36. The number of aromatic nitrogens is 6. The lowest BCUT2D eigenvalue weighted by molar-refractivity contribution is 0.401. The molecule has 1 aliphatic rings. The van der Waals surface area contributed by atoms with Crippen LogP contribution in [-0.4, -0.2) is 29.5 Å². The van der Waals surface area contributed by atoms with Crippen molar-refractivity contribution in [1.29, 1.82) is 0 Å². The predicted molar refractivity (Wildman–Crippen MR) is 245 cm³/mol. The molecule has 0 saturated carbocycles. The van der Waals surface area contributed by atoms with Gasteiger partial charge in [-0.3, -0.25) is 9.13 Å². The van der Waals surface area contributed by atoms with Crippen LogP contribution < -0.4 is 0 Å². The number of hydrogen-bond donors (Lipinski definition) is 0. The van der Waals surface area contributed by atoms with Crippen LogP contribution in [0.15, 0.2) is 142 Å². The smallest absolute Gasteiger partial charge is 0.327 e. The van der Waals surface area contributed by atoms with E-state index in [0.29, 0.717) is 23.8 Å². The van der Waals surface area contributed by atoms with Crippen molar-refractivity contribution in [3.8, 4) is 46.1 Å². The van der Waals surface area contributed by atoms with Crippen molar-refractivity contribution in [2.24, 2.45) is 0 Å². The van der Waals surface area contributed by atoms with Crippen LogP contribution in [0.4, 0.5) is 0 Å². The minimum atomic E-state index is -0.205. The van der Waals surface area contributed by atoms with Gasteiger partial charge in [-0.1, -0.05) is 160 Å². The second-order valence-corrected chi connectivity index (χ2v) is 16.7. The SMILES string of the molecule is CCCCCCC1(CCCCCC)c2cc(-c3nnc(-n4c5ccccc5c5ccccc54)o3)ccc2-c2ccc(-c3nnc(-n4c5ccccc5c5ccccc54)o3)cc21. The molecular formula is C53H48N6O2. The first-order valence-corrected chi connectivity index (χ1v) is 22.1. The molecule has 0 spiro atoms. The summed E-state index contributed by atoms with van der Waals surface area (Å²) in [5, 5.41) is 23.4. The summed E-state index contributed by atoms with van der Waals surface area (Å²) in [4.78, 5) is 0. The molecule has 61 heavy (non-hydrogen) atoms. The van der Waals surface area contributed by atoms with Crippen molar-refractivity contribution in [2.45, 2.75) is 83.5 Å². The summed E-state index contributed by atoms with van der Waals surface area (Å²) < 4.78 is 17.4. The van der Waals surface area contributed by atoms with Crippen LogP contribution in [0.2, 0.25) is 0 Å². The van der Waals surface area contributed by atoms with Crippen molar-refractivity contribution in [1.82, 2.24) is 29.5 Å². The Labute approximate surface area is 354 Å². The van der Waals surface area contributed by atoms with E-state index in [9.17, 15) is 0 Å². The standard InChI is InChI=1S/C53H48N6O2/c1-3-5-7-17-31-53(32-18-8-6-4-2)43-33-35(49-54-56-51(60-49)58-45-23-13-9-19-39(45)40-20-10-14-24-46(40)58)27-29-37(43)38-30-28-36(34-44(38)53)50-55-57-52(61-50)59-47-25-15-11-21-41(47)42-22-12-16-26-48(42)59/h9-16,19-30,33-34H,3-8,17-18,31-32H2,1-2H3. The molecular weight excluding hydrogens is 753 g/mol. The quantitative estimate of drug-likeness (QED) is 0.102. The number of hydrogen-bond acceptors (Lipinski definition) is 6. The molecule has 10 aromatic rings. The Morgan fingerprint density at radius 2 is 0.803 bits per heavy atom. The van der Waals surface area contributed by atoms with Gasteiger partial charge in [-0.05, 0) is 83.6 Å². The van der Waals surface area contributed by atoms with Crippen LogP contribution in [-0.2, 0) is 5.41 Å². The lowest BCUT2D eigenvalue weighted by atomic mass is 9.70. The van der Waals surface area contributed by atoms with E-state index in [2.05, 4.69) is 167 Å². The number of nitrogens with zero attached hydrogens (tertiary/aromatic N) is 6. The minimum Gasteiger partial charge on any atom is -0.403 e. The highest BCUT2D eigenvalue weighted by atomic mass is 16.4. The molecule has 8 heteroatoms. The van der Waals surface area contributed by atoms with Gasteiger partial charge in [0.05, 0.1) is 22.1 Å². The molecule has 0 saturated heterocycles. The van der Waals surface area contributed by atoms with Crippen molar-refractivity contribution in [3.05, 3.63) is 145 Å². The topological polar surface area (TPSA) is 87.7 Å². The number of unbranched alkanes of at least 4 members (excludes halogenated alkanes) is 6. The van der Waals surface area contributed by atoms with Gasteiger partial charge in [0.2, 0.25) is 11.8 Å². The maximum absolute atomic E-state index is 6.64. The van der Waals surface area contributed by atoms with Gasteiger partial charge in [0.15, 0.2) is 0 Å². The van der Waals surface area contributed by atoms with Crippen molar-refractivity contribution in [2.75, 3.05) is 0 Å². The summed E-state index contributed by atoms with van der Waals surface area (Å²) in [5.41, 5.74) is 11.1. The summed E-state index contributed by atoms with van der Waals surface area (Å²) in [6.07, 6.45) is 11.7. The van der Waals surface area contributed by atoms with Gasteiger partial charge in [0, 0.05) is 38.1 Å². The fraction of sp³-hybridized carbons (Fsp3) is 0.245. The van der Waals surface area contributed by atoms with Crippen molar-refractivity contribution in [3.63, 3.8) is 0 Å². The molecule has 4 aromatic heterocycles. The lowest BCUT2D eigenvalue weighted by Crippen LogP contribution is -2.25. The van der Waals surface area contributed by atoms with Gasteiger partial charge in [-0.2, -0.15) is 0 Å². The van der Waals surface area contributed by atoms with E-state index < -0.39 is 0 Å². The highest BCUT2D eigenvalue weighted by molar-refractivity contribution is 6.09. The molecule has 0 atom stereocenters. The second-order valence-electron chi connectivity index (χ2n) is 16.7. The van der Waals surface area contributed by atoms with Gasteiger partial charge in [0.25, 0.3) is 0 Å². The molecule has 4 heterocycles. The van der Waals surface area contributed by atoms with E-state index in [0.717, 1.165) is 80.4 Å². The van der Waals surface area contributed by atoms with Crippen LogP contribution >= 0.6 is 0 Å². The fourth-order valence-electron chi connectivity index (χ4n) is 10.2. The molecule has 0 N–H and O–H groups in total. The molecule has 0 amide bonds. The van der Waals surface area contributed by atoms with Crippen LogP contribution in [0.1, 0.15) is 89.2 Å². The molecule has 0 radical (unpaired) electrons. The van der Waals surface area contributed by atoms with Gasteiger partial charge in [0.1, 0.15) is 0 Å². The Morgan fingerprint density at radius 1 is 0.426 bits per heavy atom. The Hall–Kier alpha value is -6.80. The average Bonchev–Trinajstić information content (AvgIpc) is 4.15. The Bertz CT molecular complexity index is 2900. The van der Waals surface area contributed by atoms with E-state index >= 15 is 0 Å². The maximum Gasteiger partial charge on any atom is 0.327 e. The highest BCUT2D eigenvalue weighted by Crippen LogP contribution is 2.56. The van der Waals surface area contributed by atoms with E-state index in [1.54, 1.807) is 0 Å². The highest BCUT2D eigenvalue weighted by Gasteiger charge is 2.43. The van der Waals surface area contributed by atoms with Crippen molar-refractivity contribution < 1.29 is 8.83 Å². The summed E-state index contributed by atoms with van der Waals surface area (Å²) in [6.45, 7) is 4.57. The molecule has 0 aliphatic heterocycles. The third-order valence-electron chi connectivity index (χ3n) is 13.1. The largest absolute Gasteiger partial charge is 0.403 e. The predicted octanol–water partition coefficient (Wildman–Crippen LogP) is 14.2. The molecule has 1 aliphatic carbocycles. The number of rotatable bonds is 14. The molecule has 302 valence electrons. The van der Waals surface area contributed by atoms with Crippen molar-refractivity contribution >= 4 is 43.6 Å². The number of benzene rings is 6. The fourth-order valence-corrected chi connectivity index (χ4v) is 10.2. The van der Waals surface area contributed by atoms with Gasteiger partial charge >= 0.3 is 12.0 Å². The van der Waals surface area contributed by atoms with E-state index in [1.807, 2.05) is 0 Å². The molecule has 6 aromatic carbocycles. The van der Waals surface area contributed by atoms with Gasteiger partial charge in [-0.25, -0.2) is 0 Å². The van der Waals surface area contributed by atoms with Crippen LogP contribution in [0.5, 0.6) is 0 Å². The third kappa shape index (κ3) is 6.10. The minimum absolute atomic E-state index is 0.205. The van der Waals surface area contributed by atoms with E-state index in [4.69, 9.17) is 19.0 Å². The van der Waals surface area contributed by atoms with Gasteiger partial charge in [-0.15, -0.1) is 10.2 Å². The Morgan fingerprint density at radius 3 is 1.18 bits per heavy atom. The first-order valence-electron chi connectivity index (χ1n) is 22.1. The number of para-hydroxylation sites is 4. The monoisotopic (exact) mass is 800 g/mol. The van der Waals surface area contributed by atoms with E-state index in [1.165, 1.54) is 60.8 Å². The van der Waals surface area contributed by atoms with Crippen LogP contribution in [0, 0.1) is 0 Å².